The van der Waals surface area contributed by atoms with Gasteiger partial charge in [0.05, 0.1) is 6.42 Å². The molecular formula is C11H9ClN2O2. The van der Waals surface area contributed by atoms with Crippen LogP contribution in [-0.4, -0.2) is 21.0 Å². The molecule has 0 amide bonds. The van der Waals surface area contributed by atoms with Crippen molar-refractivity contribution in [3.05, 3.63) is 41.2 Å². The van der Waals surface area contributed by atoms with Crippen LogP contribution in [-0.2, 0) is 11.2 Å². The number of benzene rings is 1. The maximum atomic E-state index is 10.5. The molecule has 0 unspecified atom stereocenters. The zero-order valence-corrected chi connectivity index (χ0v) is 9.03. The van der Waals surface area contributed by atoms with Crippen molar-refractivity contribution in [1.29, 1.82) is 0 Å². The van der Waals surface area contributed by atoms with Crippen LogP contribution in [0.4, 0.5) is 0 Å². The summed E-state index contributed by atoms with van der Waals surface area (Å²) in [4.78, 5) is 17.5. The number of rotatable bonds is 3. The van der Waals surface area contributed by atoms with E-state index >= 15 is 0 Å². The molecule has 2 rings (SSSR count). The van der Waals surface area contributed by atoms with E-state index in [0.29, 0.717) is 16.5 Å². The number of carboxylic acid groups (broad SMARTS) is 1. The van der Waals surface area contributed by atoms with Gasteiger partial charge in [0.25, 0.3) is 0 Å². The van der Waals surface area contributed by atoms with Gasteiger partial charge in [0.2, 0.25) is 0 Å². The summed E-state index contributed by atoms with van der Waals surface area (Å²) in [6.45, 7) is 0. The van der Waals surface area contributed by atoms with Crippen LogP contribution in [0, 0.1) is 0 Å². The maximum Gasteiger partial charge on any atom is 0.309 e. The van der Waals surface area contributed by atoms with Crippen LogP contribution >= 0.6 is 11.6 Å². The summed E-state index contributed by atoms with van der Waals surface area (Å²) in [7, 11) is 0. The highest BCUT2D eigenvalue weighted by Crippen LogP contribution is 2.19. The molecule has 0 aliphatic rings. The fourth-order valence-electron chi connectivity index (χ4n) is 1.39. The van der Waals surface area contributed by atoms with E-state index < -0.39 is 5.97 Å². The van der Waals surface area contributed by atoms with E-state index in [1.165, 1.54) is 6.20 Å². The van der Waals surface area contributed by atoms with Gasteiger partial charge in [-0.2, -0.15) is 0 Å². The van der Waals surface area contributed by atoms with Crippen molar-refractivity contribution in [2.45, 2.75) is 6.42 Å². The SMILES string of the molecule is O=C(O)Cc1cnc(-c2cccc(Cl)c2)[nH]1. The third-order valence-electron chi connectivity index (χ3n) is 2.07. The Morgan fingerprint density at radius 1 is 1.50 bits per heavy atom. The molecule has 5 heteroatoms. The molecule has 16 heavy (non-hydrogen) atoms. The summed E-state index contributed by atoms with van der Waals surface area (Å²) < 4.78 is 0. The predicted molar refractivity (Wildman–Crippen MR) is 60.4 cm³/mol. The Balaban J connectivity index is 2.28. The van der Waals surface area contributed by atoms with Crippen molar-refractivity contribution in [1.82, 2.24) is 9.97 Å². The number of carboxylic acids is 1. The predicted octanol–water partition coefficient (Wildman–Crippen LogP) is 2.36. The third-order valence-corrected chi connectivity index (χ3v) is 2.30. The molecule has 0 aliphatic carbocycles. The number of aromatic nitrogens is 2. The van der Waals surface area contributed by atoms with Crippen LogP contribution < -0.4 is 0 Å². The monoisotopic (exact) mass is 236 g/mol. The summed E-state index contributed by atoms with van der Waals surface area (Å²) >= 11 is 5.85. The molecule has 0 saturated carbocycles. The third kappa shape index (κ3) is 2.41. The summed E-state index contributed by atoms with van der Waals surface area (Å²) in [5.74, 6) is -0.264. The number of hydrogen-bond acceptors (Lipinski definition) is 2. The van der Waals surface area contributed by atoms with Crippen LogP contribution in [0.25, 0.3) is 11.4 Å². The smallest absolute Gasteiger partial charge is 0.309 e. The highest BCUT2D eigenvalue weighted by Gasteiger charge is 2.06. The van der Waals surface area contributed by atoms with E-state index in [1.54, 1.807) is 12.1 Å². The van der Waals surface area contributed by atoms with Gasteiger partial charge in [0.15, 0.2) is 0 Å². The molecule has 1 aromatic carbocycles. The molecule has 1 aromatic heterocycles. The number of halogens is 1. The first kappa shape index (κ1) is 10.7. The lowest BCUT2D eigenvalue weighted by Crippen LogP contribution is -1.99. The first-order chi connectivity index (χ1) is 7.65. The van der Waals surface area contributed by atoms with Crippen molar-refractivity contribution in [3.8, 4) is 11.4 Å². The first-order valence-corrected chi connectivity index (χ1v) is 5.04. The second kappa shape index (κ2) is 4.37. The lowest BCUT2D eigenvalue weighted by Gasteiger charge is -1.97. The topological polar surface area (TPSA) is 66.0 Å². The van der Waals surface area contributed by atoms with Crippen LogP contribution in [0.5, 0.6) is 0 Å². The Morgan fingerprint density at radius 2 is 2.31 bits per heavy atom. The Morgan fingerprint density at radius 3 is 3.00 bits per heavy atom. The van der Waals surface area contributed by atoms with Gasteiger partial charge in [0, 0.05) is 22.5 Å². The van der Waals surface area contributed by atoms with Crippen LogP contribution in [0.15, 0.2) is 30.5 Å². The maximum absolute atomic E-state index is 10.5. The number of nitrogens with one attached hydrogen (secondary N) is 1. The fourth-order valence-corrected chi connectivity index (χ4v) is 1.58. The van der Waals surface area contributed by atoms with Crippen molar-refractivity contribution in [2.24, 2.45) is 0 Å². The minimum atomic E-state index is -0.888. The van der Waals surface area contributed by atoms with E-state index in [-0.39, 0.29) is 6.42 Å². The van der Waals surface area contributed by atoms with E-state index in [4.69, 9.17) is 16.7 Å². The minimum Gasteiger partial charge on any atom is -0.481 e. The summed E-state index contributed by atoms with van der Waals surface area (Å²) in [6, 6.07) is 7.21. The number of aromatic amines is 1. The summed E-state index contributed by atoms with van der Waals surface area (Å²) in [5, 5.41) is 9.24. The van der Waals surface area contributed by atoms with Gasteiger partial charge in [0.1, 0.15) is 5.82 Å². The lowest BCUT2D eigenvalue weighted by atomic mass is 10.2. The number of imidazole rings is 1. The van der Waals surface area contributed by atoms with Gasteiger partial charge in [-0.15, -0.1) is 0 Å². The molecule has 0 spiro atoms. The number of H-pyrrole nitrogens is 1. The van der Waals surface area contributed by atoms with Crippen LogP contribution in [0.3, 0.4) is 0 Å². The zero-order valence-electron chi connectivity index (χ0n) is 8.27. The van der Waals surface area contributed by atoms with Gasteiger partial charge in [-0.05, 0) is 12.1 Å². The zero-order chi connectivity index (χ0) is 11.5. The Hall–Kier alpha value is -1.81. The van der Waals surface area contributed by atoms with Gasteiger partial charge < -0.3 is 10.1 Å². The van der Waals surface area contributed by atoms with Crippen LogP contribution in [0.2, 0.25) is 5.02 Å². The molecule has 0 radical (unpaired) electrons. The average Bonchev–Trinajstić information content (AvgIpc) is 2.65. The van der Waals surface area contributed by atoms with Crippen molar-refractivity contribution in [3.63, 3.8) is 0 Å². The lowest BCUT2D eigenvalue weighted by molar-refractivity contribution is -0.136. The summed E-state index contributed by atoms with van der Waals surface area (Å²) in [6.07, 6.45) is 1.46. The average molecular weight is 237 g/mol. The standard InChI is InChI=1S/C11H9ClN2O2/c12-8-3-1-2-7(4-8)11-13-6-9(14-11)5-10(15)16/h1-4,6H,5H2,(H,13,14)(H,15,16). The highest BCUT2D eigenvalue weighted by molar-refractivity contribution is 6.30. The van der Waals surface area contributed by atoms with E-state index in [1.807, 2.05) is 12.1 Å². The molecule has 0 atom stereocenters. The fraction of sp³-hybridized carbons (Fsp3) is 0.0909. The normalized spacial score (nSPS) is 10.3. The molecule has 2 N–H and O–H groups in total. The second-order valence-electron chi connectivity index (χ2n) is 3.34. The molecule has 4 nitrogen and oxygen atoms in total. The van der Waals surface area contributed by atoms with Crippen molar-refractivity contribution in [2.75, 3.05) is 0 Å². The van der Waals surface area contributed by atoms with Gasteiger partial charge in [-0.25, -0.2) is 4.98 Å². The molecule has 0 aliphatic heterocycles. The quantitative estimate of drug-likeness (QED) is 0.860. The summed E-state index contributed by atoms with van der Waals surface area (Å²) in [5.41, 5.74) is 1.41. The number of hydrogen-bond donors (Lipinski definition) is 2. The minimum absolute atomic E-state index is 0.0619. The van der Waals surface area contributed by atoms with Gasteiger partial charge >= 0.3 is 5.97 Å². The van der Waals surface area contributed by atoms with Crippen molar-refractivity contribution >= 4 is 17.6 Å². The van der Waals surface area contributed by atoms with E-state index in [0.717, 1.165) is 5.56 Å². The largest absolute Gasteiger partial charge is 0.481 e. The van der Waals surface area contributed by atoms with Crippen LogP contribution in [0.1, 0.15) is 5.69 Å². The van der Waals surface area contributed by atoms with Gasteiger partial charge in [-0.1, -0.05) is 23.7 Å². The molecule has 82 valence electrons. The molecule has 0 fully saturated rings. The number of aliphatic carboxylic acids is 1. The van der Waals surface area contributed by atoms with E-state index in [9.17, 15) is 4.79 Å². The molecule has 1 heterocycles. The number of nitrogens with zero attached hydrogens (tertiary/aromatic N) is 1. The molecule has 0 bridgehead atoms. The molecule has 2 aromatic rings. The Labute approximate surface area is 96.9 Å². The Bertz CT molecular complexity index is 522. The molecular weight excluding hydrogens is 228 g/mol. The Kier molecular flexibility index (Phi) is 2.92. The second-order valence-corrected chi connectivity index (χ2v) is 3.77. The molecule has 0 saturated heterocycles. The van der Waals surface area contributed by atoms with Gasteiger partial charge in [-0.3, -0.25) is 4.79 Å². The first-order valence-electron chi connectivity index (χ1n) is 4.67. The van der Waals surface area contributed by atoms with E-state index in [2.05, 4.69) is 9.97 Å². The highest BCUT2D eigenvalue weighted by atomic mass is 35.5. The van der Waals surface area contributed by atoms with Crippen molar-refractivity contribution < 1.29 is 9.90 Å². The number of carbonyl (C=O) groups is 1.